The second-order valence-corrected chi connectivity index (χ2v) is 4.46. The van der Waals surface area contributed by atoms with Crippen LogP contribution in [0, 0.1) is 0 Å². The summed E-state index contributed by atoms with van der Waals surface area (Å²) in [5, 5.41) is 6.88. The summed E-state index contributed by atoms with van der Waals surface area (Å²) in [5.41, 5.74) is 7.52. The van der Waals surface area contributed by atoms with E-state index < -0.39 is 0 Å². The third-order valence-electron chi connectivity index (χ3n) is 2.62. The van der Waals surface area contributed by atoms with Crippen LogP contribution >= 0.6 is 0 Å². The number of nitrogens with two attached hydrogens (primary N) is 1. The zero-order chi connectivity index (χ0) is 13.7. The number of hydrogen-bond donors (Lipinski definition) is 2. The maximum absolute atomic E-state index is 11.5. The van der Waals surface area contributed by atoms with Crippen LogP contribution in [-0.2, 0) is 11.3 Å². The molecule has 1 amide bonds. The molecule has 0 radical (unpaired) electrons. The van der Waals surface area contributed by atoms with Crippen molar-refractivity contribution in [1.82, 2.24) is 20.1 Å². The number of carbonyl (C=O) groups excluding carboxylic acids is 1. The van der Waals surface area contributed by atoms with E-state index in [1.54, 1.807) is 11.0 Å². The Morgan fingerprint density at radius 1 is 1.42 bits per heavy atom. The Labute approximate surface area is 111 Å². The van der Waals surface area contributed by atoms with E-state index in [2.05, 4.69) is 15.4 Å². The number of aromatic nitrogens is 3. The lowest BCUT2D eigenvalue weighted by Gasteiger charge is -2.08. The molecule has 3 N–H and O–H groups in total. The molecule has 0 saturated heterocycles. The Morgan fingerprint density at radius 2 is 2.16 bits per heavy atom. The molecule has 0 saturated carbocycles. The molecule has 1 unspecified atom stereocenters. The highest BCUT2D eigenvalue weighted by molar-refractivity contribution is 5.76. The number of hydrogen-bond acceptors (Lipinski definition) is 4. The van der Waals surface area contributed by atoms with Gasteiger partial charge in [0.25, 0.3) is 0 Å². The van der Waals surface area contributed by atoms with E-state index in [0.717, 1.165) is 11.3 Å². The van der Waals surface area contributed by atoms with Crippen molar-refractivity contribution < 1.29 is 4.79 Å². The van der Waals surface area contributed by atoms with Gasteiger partial charge in [-0.25, -0.2) is 9.67 Å². The zero-order valence-corrected chi connectivity index (χ0v) is 10.8. The summed E-state index contributed by atoms with van der Waals surface area (Å²) in [5.74, 6) is -0.0321. The average molecular weight is 259 g/mol. The SMILES string of the molecule is CC(N)CC(=O)NCc1ccc(-n2cncn2)cc1. The van der Waals surface area contributed by atoms with E-state index >= 15 is 0 Å². The smallest absolute Gasteiger partial charge is 0.221 e. The van der Waals surface area contributed by atoms with Crippen LogP contribution in [0.3, 0.4) is 0 Å². The molecular weight excluding hydrogens is 242 g/mol. The Bertz CT molecular complexity index is 518. The first-order valence-corrected chi connectivity index (χ1v) is 6.11. The minimum atomic E-state index is -0.116. The number of benzene rings is 1. The molecule has 1 aromatic heterocycles. The van der Waals surface area contributed by atoms with E-state index in [-0.39, 0.29) is 11.9 Å². The summed E-state index contributed by atoms with van der Waals surface area (Å²) in [4.78, 5) is 15.4. The van der Waals surface area contributed by atoms with E-state index in [1.807, 2.05) is 31.2 Å². The quantitative estimate of drug-likeness (QED) is 0.824. The van der Waals surface area contributed by atoms with Gasteiger partial charge in [0.15, 0.2) is 0 Å². The van der Waals surface area contributed by atoms with E-state index in [4.69, 9.17) is 5.73 Å². The molecule has 2 aromatic rings. The zero-order valence-electron chi connectivity index (χ0n) is 10.8. The van der Waals surface area contributed by atoms with Crippen LogP contribution in [0.5, 0.6) is 0 Å². The van der Waals surface area contributed by atoms with E-state index in [1.165, 1.54) is 6.33 Å². The first kappa shape index (κ1) is 13.2. The van der Waals surface area contributed by atoms with Gasteiger partial charge in [0, 0.05) is 19.0 Å². The van der Waals surface area contributed by atoms with Gasteiger partial charge in [0.2, 0.25) is 5.91 Å². The molecule has 0 aliphatic carbocycles. The molecule has 1 heterocycles. The fraction of sp³-hybridized carbons (Fsp3) is 0.308. The van der Waals surface area contributed by atoms with Crippen molar-refractivity contribution in [3.8, 4) is 5.69 Å². The van der Waals surface area contributed by atoms with Crippen molar-refractivity contribution in [1.29, 1.82) is 0 Å². The number of rotatable bonds is 5. The molecule has 100 valence electrons. The van der Waals surface area contributed by atoms with Gasteiger partial charge in [0.05, 0.1) is 5.69 Å². The molecule has 1 aromatic carbocycles. The summed E-state index contributed by atoms with van der Waals surface area (Å²) < 4.78 is 1.68. The molecule has 0 aliphatic rings. The minimum Gasteiger partial charge on any atom is -0.352 e. The van der Waals surface area contributed by atoms with Crippen molar-refractivity contribution in [2.24, 2.45) is 5.73 Å². The Kier molecular flexibility index (Phi) is 4.25. The number of amides is 1. The number of nitrogens with one attached hydrogen (secondary N) is 1. The molecule has 19 heavy (non-hydrogen) atoms. The fourth-order valence-corrected chi connectivity index (χ4v) is 1.67. The first-order chi connectivity index (χ1) is 9.15. The molecule has 0 aliphatic heterocycles. The van der Waals surface area contributed by atoms with Gasteiger partial charge >= 0.3 is 0 Å². The van der Waals surface area contributed by atoms with Crippen LogP contribution in [-0.4, -0.2) is 26.7 Å². The van der Waals surface area contributed by atoms with Gasteiger partial charge in [-0.2, -0.15) is 5.10 Å². The molecule has 0 spiro atoms. The predicted molar refractivity (Wildman–Crippen MR) is 71.5 cm³/mol. The third kappa shape index (κ3) is 3.89. The van der Waals surface area contributed by atoms with Crippen LogP contribution in [0.15, 0.2) is 36.9 Å². The first-order valence-electron chi connectivity index (χ1n) is 6.11. The minimum absolute atomic E-state index is 0.0321. The highest BCUT2D eigenvalue weighted by Crippen LogP contribution is 2.07. The lowest BCUT2D eigenvalue weighted by Crippen LogP contribution is -2.29. The van der Waals surface area contributed by atoms with Crippen LogP contribution in [0.1, 0.15) is 18.9 Å². The molecule has 2 rings (SSSR count). The summed E-state index contributed by atoms with van der Waals surface area (Å²) in [7, 11) is 0. The summed E-state index contributed by atoms with van der Waals surface area (Å²) >= 11 is 0. The van der Waals surface area contributed by atoms with Crippen molar-refractivity contribution in [2.75, 3.05) is 0 Å². The van der Waals surface area contributed by atoms with Crippen molar-refractivity contribution in [3.05, 3.63) is 42.5 Å². The van der Waals surface area contributed by atoms with Crippen LogP contribution in [0.4, 0.5) is 0 Å². The molecule has 0 fully saturated rings. The highest BCUT2D eigenvalue weighted by Gasteiger charge is 2.04. The largest absolute Gasteiger partial charge is 0.352 e. The normalized spacial score (nSPS) is 12.1. The average Bonchev–Trinajstić information content (AvgIpc) is 2.90. The van der Waals surface area contributed by atoms with Crippen molar-refractivity contribution in [3.63, 3.8) is 0 Å². The van der Waals surface area contributed by atoms with Gasteiger partial charge < -0.3 is 11.1 Å². The van der Waals surface area contributed by atoms with Gasteiger partial charge in [-0.15, -0.1) is 0 Å². The maximum atomic E-state index is 11.5. The van der Waals surface area contributed by atoms with Gasteiger partial charge in [-0.3, -0.25) is 4.79 Å². The van der Waals surface area contributed by atoms with Crippen molar-refractivity contribution >= 4 is 5.91 Å². The molecular formula is C13H17N5O. The van der Waals surface area contributed by atoms with Gasteiger partial charge in [-0.1, -0.05) is 12.1 Å². The summed E-state index contributed by atoms with van der Waals surface area (Å²) in [6, 6.07) is 7.64. The van der Waals surface area contributed by atoms with Crippen molar-refractivity contribution in [2.45, 2.75) is 25.9 Å². The van der Waals surface area contributed by atoms with Gasteiger partial charge in [0.1, 0.15) is 12.7 Å². The topological polar surface area (TPSA) is 85.8 Å². The predicted octanol–water partition coefficient (Wildman–Crippen LogP) is 0.621. The lowest BCUT2D eigenvalue weighted by atomic mass is 10.2. The summed E-state index contributed by atoms with van der Waals surface area (Å²) in [6.07, 6.45) is 3.47. The fourth-order valence-electron chi connectivity index (χ4n) is 1.67. The van der Waals surface area contributed by atoms with E-state index in [0.29, 0.717) is 13.0 Å². The summed E-state index contributed by atoms with van der Waals surface area (Å²) in [6.45, 7) is 2.32. The Balaban J connectivity index is 1.91. The number of nitrogens with zero attached hydrogens (tertiary/aromatic N) is 3. The third-order valence-corrected chi connectivity index (χ3v) is 2.62. The van der Waals surface area contributed by atoms with Crippen LogP contribution in [0.2, 0.25) is 0 Å². The van der Waals surface area contributed by atoms with Crippen LogP contribution < -0.4 is 11.1 Å². The maximum Gasteiger partial charge on any atom is 0.221 e. The molecule has 6 heteroatoms. The molecule has 1 atom stereocenters. The second-order valence-electron chi connectivity index (χ2n) is 4.46. The Morgan fingerprint density at radius 3 is 2.74 bits per heavy atom. The molecule has 6 nitrogen and oxygen atoms in total. The standard InChI is InChI=1S/C13H17N5O/c1-10(14)6-13(19)16-7-11-2-4-12(5-3-11)18-9-15-8-17-18/h2-5,8-10H,6-7,14H2,1H3,(H,16,19). The number of carbonyl (C=O) groups is 1. The second kappa shape index (κ2) is 6.10. The monoisotopic (exact) mass is 259 g/mol. The molecule has 0 bridgehead atoms. The van der Waals surface area contributed by atoms with Crippen LogP contribution in [0.25, 0.3) is 5.69 Å². The van der Waals surface area contributed by atoms with Gasteiger partial charge in [-0.05, 0) is 24.6 Å². The van der Waals surface area contributed by atoms with E-state index in [9.17, 15) is 4.79 Å². The Hall–Kier alpha value is -2.21. The highest BCUT2D eigenvalue weighted by atomic mass is 16.1. The lowest BCUT2D eigenvalue weighted by molar-refractivity contribution is -0.121.